The van der Waals surface area contributed by atoms with E-state index >= 15 is 0 Å². The van der Waals surface area contributed by atoms with Gasteiger partial charge in [-0.3, -0.25) is 14.4 Å². The first-order chi connectivity index (χ1) is 19.4. The smallest absolute Gasteiger partial charge is 0.245 e. The molecule has 202 valence electrons. The number of benzene rings is 3. The van der Waals surface area contributed by atoms with Crippen LogP contribution in [-0.2, 0) is 29.3 Å². The van der Waals surface area contributed by atoms with Crippen LogP contribution in [0.4, 0.5) is 5.69 Å². The lowest BCUT2D eigenvalue weighted by Gasteiger charge is -2.52. The summed E-state index contributed by atoms with van der Waals surface area (Å²) in [7, 11) is 0. The molecule has 3 amide bonds. The summed E-state index contributed by atoms with van der Waals surface area (Å²) in [5.74, 6) is -3.75. The minimum absolute atomic E-state index is 0.0314. The maximum Gasteiger partial charge on any atom is 0.245 e. The Hall–Kier alpha value is -3.85. The molecule has 3 aromatic carbocycles. The molecule has 40 heavy (non-hydrogen) atoms. The highest BCUT2D eigenvalue weighted by Gasteiger charge is 2.68. The van der Waals surface area contributed by atoms with Gasteiger partial charge in [-0.1, -0.05) is 72.3 Å². The van der Waals surface area contributed by atoms with Gasteiger partial charge in [-0.25, -0.2) is 10.3 Å². The van der Waals surface area contributed by atoms with Gasteiger partial charge in [-0.05, 0) is 41.3 Å². The summed E-state index contributed by atoms with van der Waals surface area (Å²) in [5, 5.41) is 4.75. The Kier molecular flexibility index (Phi) is 5.71. The standard InChI is InChI=1S/C31H26ClN3O5/c1-30(39-14-15-40-30)16-24(36)34-33-17-31-20-10-4-2-8-18(20)25(19-9-3-5-11-21(19)31)26-27(31)29(38)35(28(26)37)23-13-7-6-12-22(23)32/h2-13,17,25-27H,14-16H2,1H3,(H,34,36)/b33-17+. The quantitative estimate of drug-likeness (QED) is 0.290. The Balaban J connectivity index is 1.37. The van der Waals surface area contributed by atoms with Gasteiger partial charge in [0.05, 0.1) is 47.6 Å². The molecule has 9 heteroatoms. The molecular weight excluding hydrogens is 530 g/mol. The first-order valence-corrected chi connectivity index (χ1v) is 13.7. The van der Waals surface area contributed by atoms with Crippen molar-refractivity contribution in [2.45, 2.75) is 30.5 Å². The third kappa shape index (κ3) is 3.46. The van der Waals surface area contributed by atoms with E-state index in [0.717, 1.165) is 22.3 Å². The number of nitrogens with zero attached hydrogens (tertiary/aromatic N) is 2. The molecule has 2 heterocycles. The zero-order valence-electron chi connectivity index (χ0n) is 21.7. The van der Waals surface area contributed by atoms with Crippen LogP contribution in [0.2, 0.25) is 5.02 Å². The van der Waals surface area contributed by atoms with Gasteiger partial charge in [0.25, 0.3) is 0 Å². The Morgan fingerprint density at radius 1 is 0.975 bits per heavy atom. The van der Waals surface area contributed by atoms with Crippen LogP contribution in [0.15, 0.2) is 77.9 Å². The van der Waals surface area contributed by atoms with E-state index in [1.807, 2.05) is 48.5 Å². The molecule has 3 aliphatic carbocycles. The first kappa shape index (κ1) is 25.1. The molecule has 8 rings (SSSR count). The highest BCUT2D eigenvalue weighted by Crippen LogP contribution is 2.63. The number of anilines is 1. The number of para-hydroxylation sites is 1. The Morgan fingerprint density at radius 2 is 1.57 bits per heavy atom. The van der Waals surface area contributed by atoms with Crippen LogP contribution < -0.4 is 10.3 Å². The number of hydrogen-bond acceptors (Lipinski definition) is 6. The molecular formula is C31H26ClN3O5. The van der Waals surface area contributed by atoms with E-state index in [1.54, 1.807) is 37.4 Å². The average molecular weight is 556 g/mol. The number of halogens is 1. The van der Waals surface area contributed by atoms with Gasteiger partial charge >= 0.3 is 0 Å². The Labute approximate surface area is 235 Å². The number of ether oxygens (including phenoxy) is 2. The summed E-state index contributed by atoms with van der Waals surface area (Å²) in [6.45, 7) is 2.56. The second-order valence-corrected chi connectivity index (χ2v) is 11.2. The second kappa shape index (κ2) is 9.09. The fourth-order valence-corrected chi connectivity index (χ4v) is 7.34. The van der Waals surface area contributed by atoms with Gasteiger partial charge in [-0.15, -0.1) is 0 Å². The molecule has 2 unspecified atom stereocenters. The third-order valence-electron chi connectivity index (χ3n) is 8.61. The molecule has 2 aliphatic heterocycles. The Bertz CT molecular complexity index is 1550. The maximum absolute atomic E-state index is 14.4. The second-order valence-electron chi connectivity index (χ2n) is 10.8. The predicted octanol–water partition coefficient (Wildman–Crippen LogP) is 4.15. The van der Waals surface area contributed by atoms with E-state index in [-0.39, 0.29) is 30.1 Å². The van der Waals surface area contributed by atoms with E-state index in [9.17, 15) is 14.4 Å². The number of carbonyl (C=O) groups excluding carboxylic acids is 3. The van der Waals surface area contributed by atoms with Crippen LogP contribution in [-0.4, -0.2) is 42.9 Å². The number of carbonyl (C=O) groups is 3. The van der Waals surface area contributed by atoms with E-state index in [4.69, 9.17) is 21.1 Å². The van der Waals surface area contributed by atoms with Crippen molar-refractivity contribution in [2.24, 2.45) is 16.9 Å². The van der Waals surface area contributed by atoms with Gasteiger partial charge in [0.15, 0.2) is 5.79 Å². The van der Waals surface area contributed by atoms with Gasteiger partial charge in [0.1, 0.15) is 0 Å². The fraction of sp³-hybridized carbons (Fsp3) is 0.290. The summed E-state index contributed by atoms with van der Waals surface area (Å²) in [6.07, 6.45) is 1.60. The van der Waals surface area contributed by atoms with Crippen molar-refractivity contribution in [3.05, 3.63) is 100 Å². The zero-order chi connectivity index (χ0) is 27.6. The molecule has 0 saturated carbocycles. The first-order valence-electron chi connectivity index (χ1n) is 13.3. The molecule has 2 atom stereocenters. The van der Waals surface area contributed by atoms with Crippen molar-refractivity contribution in [3.8, 4) is 0 Å². The minimum Gasteiger partial charge on any atom is -0.347 e. The van der Waals surface area contributed by atoms with E-state index in [1.165, 1.54) is 4.90 Å². The highest BCUT2D eigenvalue weighted by atomic mass is 35.5. The molecule has 2 fully saturated rings. The summed E-state index contributed by atoms with van der Waals surface area (Å²) < 4.78 is 11.1. The van der Waals surface area contributed by atoms with Crippen molar-refractivity contribution >= 4 is 41.2 Å². The van der Waals surface area contributed by atoms with Crippen LogP contribution in [0.25, 0.3) is 0 Å². The van der Waals surface area contributed by atoms with E-state index in [0.29, 0.717) is 23.9 Å². The van der Waals surface area contributed by atoms with Gasteiger partial charge in [0.2, 0.25) is 17.7 Å². The molecule has 2 bridgehead atoms. The van der Waals surface area contributed by atoms with Crippen LogP contribution >= 0.6 is 11.6 Å². The predicted molar refractivity (Wildman–Crippen MR) is 148 cm³/mol. The highest BCUT2D eigenvalue weighted by molar-refractivity contribution is 6.36. The van der Waals surface area contributed by atoms with Crippen LogP contribution in [0.5, 0.6) is 0 Å². The molecule has 1 N–H and O–H groups in total. The topological polar surface area (TPSA) is 97.3 Å². The molecule has 5 aliphatic rings. The number of nitrogens with one attached hydrogen (secondary N) is 1. The van der Waals surface area contributed by atoms with Crippen molar-refractivity contribution in [3.63, 3.8) is 0 Å². The number of hydrogen-bond donors (Lipinski definition) is 1. The summed E-state index contributed by atoms with van der Waals surface area (Å²) in [5.41, 5.74) is 5.64. The van der Waals surface area contributed by atoms with Crippen molar-refractivity contribution in [2.75, 3.05) is 18.1 Å². The minimum atomic E-state index is -1.09. The molecule has 3 aromatic rings. The van der Waals surface area contributed by atoms with Gasteiger partial charge in [-0.2, -0.15) is 5.10 Å². The number of imide groups is 1. The Morgan fingerprint density at radius 3 is 2.23 bits per heavy atom. The third-order valence-corrected chi connectivity index (χ3v) is 8.93. The molecule has 0 radical (unpaired) electrons. The number of hydrazone groups is 1. The number of amides is 3. The zero-order valence-corrected chi connectivity index (χ0v) is 22.4. The summed E-state index contributed by atoms with van der Waals surface area (Å²) >= 11 is 6.49. The fourth-order valence-electron chi connectivity index (χ4n) is 7.12. The summed E-state index contributed by atoms with van der Waals surface area (Å²) in [6, 6.07) is 22.6. The van der Waals surface area contributed by atoms with Crippen LogP contribution in [0, 0.1) is 11.8 Å². The van der Waals surface area contributed by atoms with Crippen molar-refractivity contribution in [1.29, 1.82) is 0 Å². The van der Waals surface area contributed by atoms with E-state index in [2.05, 4.69) is 10.5 Å². The maximum atomic E-state index is 14.4. The summed E-state index contributed by atoms with van der Waals surface area (Å²) in [4.78, 5) is 42.6. The normalized spacial score (nSPS) is 27.6. The molecule has 0 aromatic heterocycles. The molecule has 2 saturated heterocycles. The lowest BCUT2D eigenvalue weighted by molar-refractivity contribution is -0.159. The van der Waals surface area contributed by atoms with Crippen molar-refractivity contribution < 1.29 is 23.9 Å². The largest absolute Gasteiger partial charge is 0.347 e. The van der Waals surface area contributed by atoms with Crippen LogP contribution in [0.3, 0.4) is 0 Å². The van der Waals surface area contributed by atoms with Gasteiger partial charge < -0.3 is 9.47 Å². The number of rotatable bonds is 5. The van der Waals surface area contributed by atoms with E-state index < -0.39 is 23.0 Å². The SMILES string of the molecule is CC1(CC(=O)N/N=C/C23c4ccccc4C(c4ccccc42)C2C(=O)N(c4ccccc4Cl)C(=O)C23)OCCO1. The monoisotopic (exact) mass is 555 g/mol. The van der Waals surface area contributed by atoms with Gasteiger partial charge in [0, 0.05) is 12.1 Å². The van der Waals surface area contributed by atoms with Crippen LogP contribution in [0.1, 0.15) is 41.5 Å². The lowest BCUT2D eigenvalue weighted by atomic mass is 9.47. The average Bonchev–Trinajstić information content (AvgIpc) is 3.50. The van der Waals surface area contributed by atoms with Crippen molar-refractivity contribution in [1.82, 2.24) is 5.43 Å². The molecule has 8 nitrogen and oxygen atoms in total. The lowest BCUT2D eigenvalue weighted by Crippen LogP contribution is -2.54. The molecule has 0 spiro atoms.